The Morgan fingerprint density at radius 1 is 1.57 bits per heavy atom. The number of fused-ring (bicyclic) bond motifs is 1. The van der Waals surface area contributed by atoms with E-state index in [0.29, 0.717) is 11.1 Å². The number of anilines is 1. The van der Waals surface area contributed by atoms with Crippen LogP contribution in [-0.2, 0) is 11.5 Å². The van der Waals surface area contributed by atoms with E-state index in [1.165, 1.54) is 16.8 Å². The van der Waals surface area contributed by atoms with Crippen LogP contribution in [0.25, 0.3) is 10.9 Å². The summed E-state index contributed by atoms with van der Waals surface area (Å²) >= 11 is 0. The van der Waals surface area contributed by atoms with Gasteiger partial charge in [-0.3, -0.25) is 0 Å². The number of ether oxygens (including phenoxy) is 1. The topological polar surface area (TPSA) is 53.1 Å². The molecule has 2 rings (SSSR count). The van der Waals surface area contributed by atoms with Crippen molar-refractivity contribution in [1.29, 1.82) is 0 Å². The van der Waals surface area contributed by atoms with Crippen molar-refractivity contribution in [3.8, 4) is 0 Å². The van der Waals surface area contributed by atoms with Crippen molar-refractivity contribution < 1.29 is 9.13 Å². The van der Waals surface area contributed by atoms with Gasteiger partial charge in [0.1, 0.15) is 12.2 Å². The highest BCUT2D eigenvalue weighted by molar-refractivity contribution is 5.90. The molecule has 0 amide bonds. The van der Waals surface area contributed by atoms with Gasteiger partial charge in [0.15, 0.2) is 5.82 Å². The zero-order valence-electron chi connectivity index (χ0n) is 7.70. The van der Waals surface area contributed by atoms with Crippen LogP contribution >= 0.6 is 0 Å². The van der Waals surface area contributed by atoms with Gasteiger partial charge in [-0.1, -0.05) is 0 Å². The van der Waals surface area contributed by atoms with Crippen LogP contribution in [0.15, 0.2) is 18.3 Å². The van der Waals surface area contributed by atoms with E-state index < -0.39 is 0 Å². The predicted octanol–water partition coefficient (Wildman–Crippen LogP) is 1.36. The molecule has 0 bridgehead atoms. The van der Waals surface area contributed by atoms with E-state index in [2.05, 4.69) is 5.10 Å². The molecule has 0 unspecified atom stereocenters. The number of nitrogen functional groups attached to an aromatic ring is 1. The summed E-state index contributed by atoms with van der Waals surface area (Å²) in [5.41, 5.74) is 6.47. The van der Waals surface area contributed by atoms with E-state index in [9.17, 15) is 4.39 Å². The predicted molar refractivity (Wildman–Crippen MR) is 51.1 cm³/mol. The van der Waals surface area contributed by atoms with E-state index in [4.69, 9.17) is 10.5 Å². The number of nitrogens with zero attached hydrogens (tertiary/aromatic N) is 2. The second-order valence-corrected chi connectivity index (χ2v) is 2.99. The lowest BCUT2D eigenvalue weighted by atomic mass is 10.2. The van der Waals surface area contributed by atoms with Crippen LogP contribution in [0.4, 0.5) is 10.1 Å². The van der Waals surface area contributed by atoms with Crippen molar-refractivity contribution in [2.75, 3.05) is 12.8 Å². The SMILES string of the molecule is COCn1cc2c(N)ccc(F)c2n1. The molecule has 0 aliphatic rings. The summed E-state index contributed by atoms with van der Waals surface area (Å²) in [5, 5.41) is 4.61. The first-order valence-electron chi connectivity index (χ1n) is 4.12. The molecule has 0 aliphatic heterocycles. The zero-order valence-corrected chi connectivity index (χ0v) is 7.70. The fraction of sp³-hybridized carbons (Fsp3) is 0.222. The van der Waals surface area contributed by atoms with Crippen molar-refractivity contribution in [3.63, 3.8) is 0 Å². The first-order valence-corrected chi connectivity index (χ1v) is 4.12. The lowest BCUT2D eigenvalue weighted by molar-refractivity contribution is 0.121. The highest BCUT2D eigenvalue weighted by atomic mass is 19.1. The Balaban J connectivity index is 2.63. The fourth-order valence-corrected chi connectivity index (χ4v) is 1.34. The van der Waals surface area contributed by atoms with E-state index in [1.54, 1.807) is 13.3 Å². The summed E-state index contributed by atoms with van der Waals surface area (Å²) in [6, 6.07) is 2.83. The maximum Gasteiger partial charge on any atom is 0.151 e. The van der Waals surface area contributed by atoms with Gasteiger partial charge in [-0.05, 0) is 12.1 Å². The van der Waals surface area contributed by atoms with Gasteiger partial charge in [0.25, 0.3) is 0 Å². The van der Waals surface area contributed by atoms with Crippen molar-refractivity contribution in [3.05, 3.63) is 24.1 Å². The zero-order chi connectivity index (χ0) is 10.1. The normalized spacial score (nSPS) is 11.0. The number of hydrogen-bond donors (Lipinski definition) is 1. The van der Waals surface area contributed by atoms with Gasteiger partial charge in [0.2, 0.25) is 0 Å². The first-order chi connectivity index (χ1) is 6.72. The fourth-order valence-electron chi connectivity index (χ4n) is 1.34. The minimum atomic E-state index is -0.371. The molecular formula is C9H10FN3O. The molecule has 1 aromatic carbocycles. The molecular weight excluding hydrogens is 185 g/mol. The number of nitrogens with two attached hydrogens (primary N) is 1. The van der Waals surface area contributed by atoms with Gasteiger partial charge < -0.3 is 10.5 Å². The Hall–Kier alpha value is -1.62. The molecule has 1 aromatic heterocycles. The lowest BCUT2D eigenvalue weighted by Crippen LogP contribution is -1.99. The van der Waals surface area contributed by atoms with E-state index in [-0.39, 0.29) is 18.1 Å². The second-order valence-electron chi connectivity index (χ2n) is 2.99. The van der Waals surface area contributed by atoms with Gasteiger partial charge in [-0.15, -0.1) is 0 Å². The third kappa shape index (κ3) is 1.31. The number of hydrogen-bond acceptors (Lipinski definition) is 3. The minimum absolute atomic E-state index is 0.280. The van der Waals surface area contributed by atoms with Crippen molar-refractivity contribution in [2.24, 2.45) is 0 Å². The van der Waals surface area contributed by atoms with E-state index >= 15 is 0 Å². The molecule has 0 fully saturated rings. The molecule has 0 atom stereocenters. The molecule has 0 saturated heterocycles. The number of halogens is 1. The molecule has 14 heavy (non-hydrogen) atoms. The van der Waals surface area contributed by atoms with Crippen LogP contribution in [0.5, 0.6) is 0 Å². The third-order valence-corrected chi connectivity index (χ3v) is 1.97. The molecule has 4 nitrogen and oxygen atoms in total. The molecule has 0 saturated carbocycles. The smallest absolute Gasteiger partial charge is 0.151 e. The summed E-state index contributed by atoms with van der Waals surface area (Å²) in [6.07, 6.45) is 1.66. The summed E-state index contributed by atoms with van der Waals surface area (Å²) in [5.74, 6) is -0.371. The van der Waals surface area contributed by atoms with Gasteiger partial charge in [-0.2, -0.15) is 5.10 Å². The average Bonchev–Trinajstić information content (AvgIpc) is 2.57. The molecule has 0 radical (unpaired) electrons. The van der Waals surface area contributed by atoms with Crippen molar-refractivity contribution in [1.82, 2.24) is 9.78 Å². The Morgan fingerprint density at radius 2 is 2.36 bits per heavy atom. The van der Waals surface area contributed by atoms with Crippen LogP contribution in [0.1, 0.15) is 0 Å². The maximum atomic E-state index is 13.2. The Labute approximate surface area is 80.1 Å². The third-order valence-electron chi connectivity index (χ3n) is 1.97. The highest BCUT2D eigenvalue weighted by Crippen LogP contribution is 2.22. The quantitative estimate of drug-likeness (QED) is 0.736. The number of rotatable bonds is 2. The maximum absolute atomic E-state index is 13.2. The largest absolute Gasteiger partial charge is 0.398 e. The standard InChI is InChI=1S/C9H10FN3O/c1-14-5-13-4-6-8(11)3-2-7(10)9(6)12-13/h2-4H,5,11H2,1H3. The molecule has 5 heteroatoms. The van der Waals surface area contributed by atoms with Gasteiger partial charge in [0, 0.05) is 24.4 Å². The monoisotopic (exact) mass is 195 g/mol. The van der Waals surface area contributed by atoms with Crippen LogP contribution in [0, 0.1) is 5.82 Å². The van der Waals surface area contributed by atoms with E-state index in [0.717, 1.165) is 0 Å². The molecule has 0 aliphatic carbocycles. The Kier molecular flexibility index (Phi) is 2.09. The van der Waals surface area contributed by atoms with E-state index in [1.807, 2.05) is 0 Å². The van der Waals surface area contributed by atoms with Gasteiger partial charge in [0.05, 0.1) is 0 Å². The van der Waals surface area contributed by atoms with Crippen LogP contribution in [-0.4, -0.2) is 16.9 Å². The van der Waals surface area contributed by atoms with Crippen molar-refractivity contribution in [2.45, 2.75) is 6.73 Å². The Morgan fingerprint density at radius 3 is 3.00 bits per heavy atom. The number of benzene rings is 1. The molecule has 2 aromatic rings. The first kappa shape index (κ1) is 8.96. The number of methoxy groups -OCH3 is 1. The van der Waals surface area contributed by atoms with Crippen LogP contribution in [0.3, 0.4) is 0 Å². The summed E-state index contributed by atoms with van der Waals surface area (Å²) in [4.78, 5) is 0. The Bertz CT molecular complexity index is 427. The lowest BCUT2D eigenvalue weighted by Gasteiger charge is -1.95. The van der Waals surface area contributed by atoms with Crippen molar-refractivity contribution >= 4 is 16.6 Å². The summed E-state index contributed by atoms with van der Waals surface area (Å²) in [6.45, 7) is 0.285. The highest BCUT2D eigenvalue weighted by Gasteiger charge is 2.08. The van der Waals surface area contributed by atoms with Crippen LogP contribution in [0.2, 0.25) is 0 Å². The van der Waals surface area contributed by atoms with Gasteiger partial charge >= 0.3 is 0 Å². The summed E-state index contributed by atoms with van der Waals surface area (Å²) < 4.78 is 19.6. The van der Waals surface area contributed by atoms with Crippen LogP contribution < -0.4 is 5.73 Å². The molecule has 1 heterocycles. The average molecular weight is 195 g/mol. The van der Waals surface area contributed by atoms with Gasteiger partial charge in [-0.25, -0.2) is 9.07 Å². The molecule has 74 valence electrons. The molecule has 0 spiro atoms. The second kappa shape index (κ2) is 3.26. The molecule has 2 N–H and O–H groups in total. The number of aromatic nitrogens is 2. The summed E-state index contributed by atoms with van der Waals surface area (Å²) in [7, 11) is 1.55. The minimum Gasteiger partial charge on any atom is -0.398 e.